The summed E-state index contributed by atoms with van der Waals surface area (Å²) < 4.78 is 32.6. The number of aromatic nitrogens is 3. The first-order valence-corrected chi connectivity index (χ1v) is 11.7. The minimum absolute atomic E-state index is 0.00134. The topological polar surface area (TPSA) is 120 Å². The van der Waals surface area contributed by atoms with Crippen LogP contribution in [0.5, 0.6) is 0 Å². The number of aromatic carboxylic acids is 1. The number of carboxylic acids is 1. The molecule has 8 nitrogen and oxygen atoms in total. The number of anilines is 2. The minimum atomic E-state index is -1.05. The molecule has 180 valence electrons. The number of fused-ring (bicyclic) bond motifs is 1. The summed E-state index contributed by atoms with van der Waals surface area (Å²) >= 11 is 1.26. The van der Waals surface area contributed by atoms with E-state index in [1.807, 2.05) is 6.92 Å². The molecule has 4 N–H and O–H groups in total. The molecule has 0 atom stereocenters. The van der Waals surface area contributed by atoms with Gasteiger partial charge in [-0.3, -0.25) is 4.79 Å². The second-order valence-electron chi connectivity index (χ2n) is 7.57. The Morgan fingerprint density at radius 3 is 2.77 bits per heavy atom. The molecule has 4 rings (SSSR count). The van der Waals surface area contributed by atoms with Crippen molar-refractivity contribution in [2.24, 2.45) is 0 Å². The molecule has 0 aliphatic carbocycles. The van der Waals surface area contributed by atoms with E-state index in [-0.39, 0.29) is 34.6 Å². The normalized spacial score (nSPS) is 10.9. The number of benzene rings is 2. The number of hydrogen-bond acceptors (Lipinski definition) is 7. The first kappa shape index (κ1) is 24.1. The summed E-state index contributed by atoms with van der Waals surface area (Å²) in [5.41, 5.74) is 0.432. The number of aromatic amines is 1. The number of ketones is 1. The van der Waals surface area contributed by atoms with E-state index in [9.17, 15) is 19.1 Å². The Labute approximate surface area is 203 Å². The fraction of sp³-hybridized carbons (Fsp3) is 0.167. The molecule has 35 heavy (non-hydrogen) atoms. The van der Waals surface area contributed by atoms with Crippen LogP contribution in [0.15, 0.2) is 48.9 Å². The zero-order valence-electron chi connectivity index (χ0n) is 18.6. The quantitative estimate of drug-likeness (QED) is 0.133. The summed E-state index contributed by atoms with van der Waals surface area (Å²) in [6.07, 6.45) is 3.47. The Morgan fingerprint density at radius 2 is 2.00 bits per heavy atom. The van der Waals surface area contributed by atoms with Gasteiger partial charge in [0, 0.05) is 18.5 Å². The molecule has 0 saturated heterocycles. The van der Waals surface area contributed by atoms with Crippen LogP contribution in [0.1, 0.15) is 45.2 Å². The lowest BCUT2D eigenvalue weighted by Gasteiger charge is -2.11. The van der Waals surface area contributed by atoms with Gasteiger partial charge < -0.3 is 20.1 Å². The molecular formula is C24H21F2N5O3S. The molecule has 0 radical (unpaired) electrons. The number of H-pyrrole nitrogens is 1. The Kier molecular flexibility index (Phi) is 7.25. The van der Waals surface area contributed by atoms with Crippen molar-refractivity contribution in [3.05, 3.63) is 82.8 Å². The number of carbonyl (C=O) groups is 2. The molecule has 11 heteroatoms. The van der Waals surface area contributed by atoms with Gasteiger partial charge in [0.2, 0.25) is 5.78 Å². The molecule has 0 aliphatic heterocycles. The van der Waals surface area contributed by atoms with Crippen molar-refractivity contribution in [1.82, 2.24) is 15.0 Å². The van der Waals surface area contributed by atoms with E-state index in [2.05, 4.69) is 25.0 Å². The van der Waals surface area contributed by atoms with E-state index in [1.165, 1.54) is 42.7 Å². The summed E-state index contributed by atoms with van der Waals surface area (Å²) in [6, 6.07) is 8.64. The van der Waals surface area contributed by atoms with Crippen molar-refractivity contribution in [3.63, 3.8) is 0 Å². The number of carboxylic acid groups (broad SMARTS) is 1. The molecule has 0 unspecified atom stereocenters. The number of nitrogens with one attached hydrogen (secondary N) is 3. The Balaban J connectivity index is 1.67. The summed E-state index contributed by atoms with van der Waals surface area (Å²) in [7, 11) is 0. The smallest absolute Gasteiger partial charge is 0.335 e. The molecule has 2 aromatic heterocycles. The molecule has 0 saturated carbocycles. The highest BCUT2D eigenvalue weighted by atomic mass is 32.2. The summed E-state index contributed by atoms with van der Waals surface area (Å²) in [4.78, 5) is 35.7. The Hall–Kier alpha value is -3.99. The van der Waals surface area contributed by atoms with E-state index in [4.69, 9.17) is 0 Å². The molecule has 0 aliphatic rings. The predicted molar refractivity (Wildman–Crippen MR) is 131 cm³/mol. The highest BCUT2D eigenvalue weighted by molar-refractivity contribution is 8.00. The average Bonchev–Trinajstić information content (AvgIpc) is 3.29. The number of nitrogens with zero attached hydrogens (tertiary/aromatic N) is 2. The fourth-order valence-electron chi connectivity index (χ4n) is 3.48. The second-order valence-corrected chi connectivity index (χ2v) is 8.47. The molecule has 0 bridgehead atoms. The van der Waals surface area contributed by atoms with Crippen molar-refractivity contribution in [2.45, 2.75) is 19.9 Å². The van der Waals surface area contributed by atoms with Crippen LogP contribution in [-0.2, 0) is 6.54 Å². The monoisotopic (exact) mass is 497 g/mol. The van der Waals surface area contributed by atoms with Gasteiger partial charge in [-0.25, -0.2) is 23.5 Å². The summed E-state index contributed by atoms with van der Waals surface area (Å²) in [6.45, 7) is 2.17. The first-order chi connectivity index (χ1) is 16.9. The maximum Gasteiger partial charge on any atom is 0.335 e. The SMILES string of the molecule is CCCSNc1ccc(F)c(C(=O)c2c[nH]c3ncnc(NCc4cccc(C(=O)O)c4)c23)c1F. The number of halogens is 2. The maximum atomic E-state index is 15.1. The van der Waals surface area contributed by atoms with Gasteiger partial charge in [-0.05, 0) is 36.2 Å². The first-order valence-electron chi connectivity index (χ1n) is 10.7. The van der Waals surface area contributed by atoms with Crippen LogP contribution in [0, 0.1) is 11.6 Å². The third kappa shape index (κ3) is 5.09. The molecular weight excluding hydrogens is 476 g/mol. The molecule has 2 heterocycles. The van der Waals surface area contributed by atoms with E-state index in [0.717, 1.165) is 12.5 Å². The van der Waals surface area contributed by atoms with Crippen molar-refractivity contribution >= 4 is 46.2 Å². The van der Waals surface area contributed by atoms with E-state index < -0.39 is 29.0 Å². The zero-order valence-corrected chi connectivity index (χ0v) is 19.4. The zero-order chi connectivity index (χ0) is 24.9. The van der Waals surface area contributed by atoms with Crippen molar-refractivity contribution < 1.29 is 23.5 Å². The third-order valence-corrected chi connectivity index (χ3v) is 6.13. The largest absolute Gasteiger partial charge is 0.478 e. The van der Waals surface area contributed by atoms with Gasteiger partial charge >= 0.3 is 5.97 Å². The highest BCUT2D eigenvalue weighted by Crippen LogP contribution is 2.30. The van der Waals surface area contributed by atoms with Crippen molar-refractivity contribution in [1.29, 1.82) is 0 Å². The Morgan fingerprint density at radius 1 is 1.17 bits per heavy atom. The van der Waals surface area contributed by atoms with Gasteiger partial charge in [-0.1, -0.05) is 31.0 Å². The average molecular weight is 498 g/mol. The lowest BCUT2D eigenvalue weighted by molar-refractivity contribution is 0.0696. The van der Waals surface area contributed by atoms with E-state index in [1.54, 1.807) is 12.1 Å². The van der Waals surface area contributed by atoms with Crippen LogP contribution in [0.3, 0.4) is 0 Å². The molecule has 0 amide bonds. The van der Waals surface area contributed by atoms with Gasteiger partial charge in [0.25, 0.3) is 0 Å². The van der Waals surface area contributed by atoms with E-state index >= 15 is 4.39 Å². The number of hydrogen-bond donors (Lipinski definition) is 4. The fourth-order valence-corrected chi connectivity index (χ4v) is 4.10. The molecule has 0 spiro atoms. The summed E-state index contributed by atoms with van der Waals surface area (Å²) in [5.74, 6) is -2.90. The van der Waals surface area contributed by atoms with Gasteiger partial charge in [0.1, 0.15) is 23.6 Å². The lowest BCUT2D eigenvalue weighted by Crippen LogP contribution is -2.10. The number of carbonyl (C=O) groups excluding carboxylic acids is 1. The predicted octanol–water partition coefficient (Wildman–Crippen LogP) is 5.25. The van der Waals surface area contributed by atoms with Crippen LogP contribution >= 0.6 is 11.9 Å². The molecule has 4 aromatic rings. The van der Waals surface area contributed by atoms with Gasteiger partial charge in [-0.2, -0.15) is 0 Å². The third-order valence-electron chi connectivity index (χ3n) is 5.15. The van der Waals surface area contributed by atoms with Crippen LogP contribution in [0.25, 0.3) is 11.0 Å². The van der Waals surface area contributed by atoms with Crippen LogP contribution in [-0.4, -0.2) is 37.6 Å². The molecule has 2 aromatic carbocycles. The van der Waals surface area contributed by atoms with Crippen LogP contribution in [0.4, 0.5) is 20.3 Å². The van der Waals surface area contributed by atoms with Gasteiger partial charge in [0.15, 0.2) is 5.82 Å². The lowest BCUT2D eigenvalue weighted by atomic mass is 10.0. The van der Waals surface area contributed by atoms with Crippen molar-refractivity contribution in [2.75, 3.05) is 15.8 Å². The highest BCUT2D eigenvalue weighted by Gasteiger charge is 2.26. The maximum absolute atomic E-state index is 15.1. The second kappa shape index (κ2) is 10.5. The van der Waals surface area contributed by atoms with Crippen LogP contribution in [0.2, 0.25) is 0 Å². The minimum Gasteiger partial charge on any atom is -0.478 e. The standard InChI is InChI=1S/C24H21F2N5O3S/c1-2-8-35-31-17-7-6-16(25)19(20(17)26)21(32)15-11-28-23-18(15)22(29-12-30-23)27-10-13-4-3-5-14(9-13)24(33)34/h3-7,9,11-12,31H,2,8,10H2,1H3,(H,33,34)(H2,27,28,29,30). The van der Waals surface area contributed by atoms with E-state index in [0.29, 0.717) is 17.0 Å². The van der Waals surface area contributed by atoms with Crippen molar-refractivity contribution in [3.8, 4) is 0 Å². The number of rotatable bonds is 10. The summed E-state index contributed by atoms with van der Waals surface area (Å²) in [5, 5.41) is 12.5. The van der Waals surface area contributed by atoms with Gasteiger partial charge in [-0.15, -0.1) is 0 Å². The Bertz CT molecular complexity index is 1410. The van der Waals surface area contributed by atoms with Crippen LogP contribution < -0.4 is 10.0 Å². The molecule has 0 fully saturated rings. The van der Waals surface area contributed by atoms with Gasteiger partial charge in [0.05, 0.1) is 27.8 Å².